The number of benzene rings is 2. The largest absolute Gasteiger partial charge is 0.492 e. The lowest BCUT2D eigenvalue weighted by molar-refractivity contribution is 0.0686. The molecule has 0 saturated carbocycles. The van der Waals surface area contributed by atoms with Crippen LogP contribution < -0.4 is 26.2 Å². The van der Waals surface area contributed by atoms with E-state index in [0.717, 1.165) is 37.1 Å². The lowest BCUT2D eigenvalue weighted by Gasteiger charge is -2.33. The van der Waals surface area contributed by atoms with Gasteiger partial charge in [-0.2, -0.15) is 0 Å². The number of carbonyl (C=O) groups excluding carboxylic acids is 1. The third-order valence-corrected chi connectivity index (χ3v) is 7.13. The molecule has 4 N–H and O–H groups in total. The molecular weight excluding hydrogens is 452 g/mol. The van der Waals surface area contributed by atoms with Crippen LogP contribution in [0.5, 0.6) is 5.75 Å². The van der Waals surface area contributed by atoms with E-state index in [1.165, 1.54) is 0 Å². The Bertz CT molecular complexity index is 1060. The number of aliphatic imine (C=N–C) groups is 1. The number of hydrogen-bond acceptors (Lipinski definition) is 7. The van der Waals surface area contributed by atoms with Crippen molar-refractivity contribution in [3.05, 3.63) is 58.6 Å². The first-order valence-electron chi connectivity index (χ1n) is 11.9. The summed E-state index contributed by atoms with van der Waals surface area (Å²) in [6, 6.07) is 13.3. The van der Waals surface area contributed by atoms with E-state index >= 15 is 0 Å². The molecule has 2 aromatic rings. The van der Waals surface area contributed by atoms with E-state index in [1.807, 2.05) is 55.7 Å². The first-order chi connectivity index (χ1) is 16.6. The second-order valence-corrected chi connectivity index (χ2v) is 9.45. The van der Waals surface area contributed by atoms with Crippen LogP contribution >= 0.6 is 11.6 Å². The maximum Gasteiger partial charge on any atom is 0.254 e. The first-order valence-corrected chi connectivity index (χ1v) is 12.3. The molecule has 0 aliphatic carbocycles. The highest BCUT2D eigenvalue weighted by atomic mass is 35.5. The van der Waals surface area contributed by atoms with Gasteiger partial charge in [0.1, 0.15) is 5.75 Å². The molecule has 3 aliphatic heterocycles. The average molecular weight is 483 g/mol. The molecule has 8 nitrogen and oxygen atoms in total. The van der Waals surface area contributed by atoms with E-state index in [9.17, 15) is 4.79 Å². The summed E-state index contributed by atoms with van der Waals surface area (Å²) < 4.78 is 5.76. The van der Waals surface area contributed by atoms with Crippen LogP contribution in [0, 0.1) is 5.92 Å². The standard InChI is InChI=1S/C25H31ClN6O2/c1-32(21-10-13-34-23-19(21)6-3-7-20(23)26)25(33)17-4-2-5-18(14-17)28-15-22-29-24(31-30-22)16-8-11-27-12-9-16/h2-7,11,14,16,21-22,24,28-31H,8-10,12-13,15H2,1H3/t16?,21-,22?,24?/m0/s1. The third-order valence-electron chi connectivity index (χ3n) is 6.83. The summed E-state index contributed by atoms with van der Waals surface area (Å²) in [6.07, 6.45) is 5.16. The van der Waals surface area contributed by atoms with Crippen LogP contribution in [-0.4, -0.2) is 56.1 Å². The summed E-state index contributed by atoms with van der Waals surface area (Å²) in [5.41, 5.74) is 9.19. The van der Waals surface area contributed by atoms with E-state index in [1.54, 1.807) is 4.90 Å². The summed E-state index contributed by atoms with van der Waals surface area (Å²) in [5, 5.41) is 7.63. The minimum atomic E-state index is -0.0775. The number of hydrogen-bond donors (Lipinski definition) is 4. The van der Waals surface area contributed by atoms with Gasteiger partial charge < -0.3 is 15.0 Å². The first kappa shape index (κ1) is 23.1. The van der Waals surface area contributed by atoms with Gasteiger partial charge in [-0.25, -0.2) is 10.9 Å². The summed E-state index contributed by atoms with van der Waals surface area (Å²) in [6.45, 7) is 2.11. The number of rotatable bonds is 6. The Balaban J connectivity index is 1.20. The van der Waals surface area contributed by atoms with Crippen molar-refractivity contribution in [3.63, 3.8) is 0 Å². The smallest absolute Gasteiger partial charge is 0.254 e. The predicted molar refractivity (Wildman–Crippen MR) is 134 cm³/mol. The van der Waals surface area contributed by atoms with Crippen molar-refractivity contribution in [1.82, 2.24) is 21.1 Å². The molecule has 0 bridgehead atoms. The van der Waals surface area contributed by atoms with Crippen molar-refractivity contribution < 1.29 is 9.53 Å². The highest BCUT2D eigenvalue weighted by Crippen LogP contribution is 2.40. The van der Waals surface area contributed by atoms with Gasteiger partial charge in [-0.15, -0.1) is 0 Å². The van der Waals surface area contributed by atoms with Crippen molar-refractivity contribution in [2.24, 2.45) is 10.9 Å². The average Bonchev–Trinajstić information content (AvgIpc) is 3.36. The van der Waals surface area contributed by atoms with E-state index in [4.69, 9.17) is 16.3 Å². The lowest BCUT2D eigenvalue weighted by Crippen LogP contribution is -2.43. The number of fused-ring (bicyclic) bond motifs is 1. The molecule has 0 radical (unpaired) electrons. The summed E-state index contributed by atoms with van der Waals surface area (Å²) in [7, 11) is 1.84. The Morgan fingerprint density at radius 2 is 2.12 bits per heavy atom. The van der Waals surface area contributed by atoms with Crippen LogP contribution in [0.15, 0.2) is 47.5 Å². The fraction of sp³-hybridized carbons (Fsp3) is 0.440. The van der Waals surface area contributed by atoms with Gasteiger partial charge in [-0.3, -0.25) is 15.1 Å². The van der Waals surface area contributed by atoms with Gasteiger partial charge in [0.2, 0.25) is 0 Å². The molecule has 3 aliphatic rings. The summed E-state index contributed by atoms with van der Waals surface area (Å²) >= 11 is 6.31. The maximum atomic E-state index is 13.3. The predicted octanol–water partition coefficient (Wildman–Crippen LogP) is 3.18. The number of hydrazine groups is 1. The van der Waals surface area contributed by atoms with Crippen molar-refractivity contribution in [3.8, 4) is 5.75 Å². The molecule has 0 spiro atoms. The topological polar surface area (TPSA) is 90.0 Å². The van der Waals surface area contributed by atoms with Crippen LogP contribution in [0.4, 0.5) is 5.69 Å². The molecule has 3 heterocycles. The zero-order valence-electron chi connectivity index (χ0n) is 19.3. The number of carbonyl (C=O) groups is 1. The van der Waals surface area contributed by atoms with Crippen LogP contribution in [0.2, 0.25) is 5.02 Å². The molecule has 34 heavy (non-hydrogen) atoms. The normalized spacial score (nSPS) is 25.9. The molecule has 1 amide bonds. The van der Waals surface area contributed by atoms with E-state index < -0.39 is 0 Å². The van der Waals surface area contributed by atoms with Gasteiger partial charge >= 0.3 is 0 Å². The second-order valence-electron chi connectivity index (χ2n) is 9.05. The van der Waals surface area contributed by atoms with Crippen LogP contribution in [0.1, 0.15) is 41.2 Å². The Kier molecular flexibility index (Phi) is 7.01. The van der Waals surface area contributed by atoms with E-state index in [-0.39, 0.29) is 24.3 Å². The zero-order valence-corrected chi connectivity index (χ0v) is 20.0. The Morgan fingerprint density at radius 3 is 2.97 bits per heavy atom. The Labute approximate surface area is 205 Å². The summed E-state index contributed by atoms with van der Waals surface area (Å²) in [5.74, 6) is 1.19. The van der Waals surface area contributed by atoms with Gasteiger partial charge in [-0.05, 0) is 49.2 Å². The van der Waals surface area contributed by atoms with E-state index in [2.05, 4.69) is 26.5 Å². The summed E-state index contributed by atoms with van der Waals surface area (Å²) in [4.78, 5) is 19.5. The minimum absolute atomic E-state index is 0.0284. The fourth-order valence-corrected chi connectivity index (χ4v) is 5.15. The molecule has 5 rings (SSSR count). The van der Waals surface area contributed by atoms with Crippen molar-refractivity contribution >= 4 is 29.4 Å². The molecule has 9 heteroatoms. The lowest BCUT2D eigenvalue weighted by atomic mass is 9.97. The van der Waals surface area contributed by atoms with Gasteiger partial charge in [0.25, 0.3) is 5.91 Å². The Hall–Kier alpha value is -2.65. The highest BCUT2D eigenvalue weighted by Gasteiger charge is 2.31. The van der Waals surface area contributed by atoms with Gasteiger partial charge in [0.05, 0.1) is 30.0 Å². The number of nitrogens with one attached hydrogen (secondary N) is 4. The van der Waals surface area contributed by atoms with E-state index in [0.29, 0.717) is 35.4 Å². The second kappa shape index (κ2) is 10.3. The monoisotopic (exact) mass is 482 g/mol. The highest BCUT2D eigenvalue weighted by molar-refractivity contribution is 6.32. The number of ether oxygens (including phenoxy) is 1. The molecule has 1 fully saturated rings. The van der Waals surface area contributed by atoms with Crippen LogP contribution in [0.25, 0.3) is 0 Å². The number of halogens is 1. The van der Waals surface area contributed by atoms with Gasteiger partial charge in [-0.1, -0.05) is 29.8 Å². The van der Waals surface area contributed by atoms with Crippen molar-refractivity contribution in [1.29, 1.82) is 0 Å². The number of nitrogens with zero attached hydrogens (tertiary/aromatic N) is 2. The molecule has 3 unspecified atom stereocenters. The van der Waals surface area contributed by atoms with Crippen LogP contribution in [-0.2, 0) is 0 Å². The molecular formula is C25H31ClN6O2. The SMILES string of the molecule is CN(C(=O)c1cccc(NCC2NNC(C3CC=NCC3)N2)c1)[C@H]1CCOc2c(Cl)cccc21. The van der Waals surface area contributed by atoms with Crippen molar-refractivity contribution in [2.45, 2.75) is 37.6 Å². The number of anilines is 1. The molecule has 1 saturated heterocycles. The zero-order chi connectivity index (χ0) is 23.5. The maximum absolute atomic E-state index is 13.3. The molecule has 180 valence electrons. The molecule has 2 aromatic carbocycles. The van der Waals surface area contributed by atoms with Crippen molar-refractivity contribution in [2.75, 3.05) is 32.1 Å². The number of para-hydroxylation sites is 1. The van der Waals surface area contributed by atoms with Gasteiger partial charge in [0.15, 0.2) is 0 Å². The molecule has 0 aromatic heterocycles. The number of amides is 1. The minimum Gasteiger partial charge on any atom is -0.492 e. The van der Waals surface area contributed by atoms with Crippen LogP contribution in [0.3, 0.4) is 0 Å². The fourth-order valence-electron chi connectivity index (χ4n) is 4.91. The molecule has 4 atom stereocenters. The quantitative estimate of drug-likeness (QED) is 0.505. The van der Waals surface area contributed by atoms with Gasteiger partial charge in [0, 0.05) is 43.4 Å². The third kappa shape index (κ3) is 4.90. The Morgan fingerprint density at radius 1 is 1.24 bits per heavy atom.